The van der Waals surface area contributed by atoms with Gasteiger partial charge in [-0.1, -0.05) is 37.3 Å². The highest BCUT2D eigenvalue weighted by Gasteiger charge is 2.42. The predicted octanol–water partition coefficient (Wildman–Crippen LogP) is 3.31. The van der Waals surface area contributed by atoms with Crippen molar-refractivity contribution in [3.8, 4) is 0 Å². The second-order valence-electron chi connectivity index (χ2n) is 9.27. The summed E-state index contributed by atoms with van der Waals surface area (Å²) in [4.78, 5) is 12.7. The van der Waals surface area contributed by atoms with Crippen LogP contribution >= 0.6 is 0 Å². The molecule has 0 atom stereocenters. The molecule has 0 saturated carbocycles. The fraction of sp³-hybridized carbons (Fsp3) is 0.500. The molecular formula is C24H31F3N4O7S2. The van der Waals surface area contributed by atoms with E-state index in [0.29, 0.717) is 31.8 Å². The summed E-state index contributed by atoms with van der Waals surface area (Å²) in [5, 5.41) is 11.6. The van der Waals surface area contributed by atoms with Crippen molar-refractivity contribution in [2.45, 2.75) is 31.0 Å². The van der Waals surface area contributed by atoms with Crippen molar-refractivity contribution in [1.82, 2.24) is 9.21 Å². The number of non-ortho nitro benzene ring substituents is 1. The third-order valence-corrected chi connectivity index (χ3v) is 8.75. The molecule has 0 aromatic heterocycles. The average molecular weight is 609 g/mol. The Balaban J connectivity index is 2.04. The number of halogens is 3. The Labute approximate surface area is 231 Å². The van der Waals surface area contributed by atoms with E-state index in [4.69, 9.17) is 4.18 Å². The van der Waals surface area contributed by atoms with Gasteiger partial charge >= 0.3 is 6.18 Å². The zero-order valence-electron chi connectivity index (χ0n) is 22.0. The van der Waals surface area contributed by atoms with Crippen LogP contribution in [0, 0.1) is 10.1 Å². The number of nitro benzene ring substituents is 1. The maximum Gasteiger partial charge on any atom is 0.418 e. The first-order valence-electron chi connectivity index (χ1n) is 12.4. The fourth-order valence-corrected chi connectivity index (χ4v) is 6.50. The standard InChI is InChI=1S/C24H31F3N4O7S2/c1-3-9-29(14-15-38-39(2,34)35)23-21(24(25,26)27)16-20(31(32)33)17-22(23)40(36,37)30-12-10-28(11-13-30)18-19-7-5-4-6-8-19/h4-8,16-17H,3,9-15,18H2,1-2H3. The van der Waals surface area contributed by atoms with Crippen LogP contribution in [0.5, 0.6) is 0 Å². The number of anilines is 1. The molecule has 0 N–H and O–H groups in total. The Morgan fingerprint density at radius 1 is 1.02 bits per heavy atom. The number of rotatable bonds is 12. The van der Waals surface area contributed by atoms with Gasteiger partial charge in [0.2, 0.25) is 10.0 Å². The minimum atomic E-state index is -5.15. The summed E-state index contributed by atoms with van der Waals surface area (Å²) in [6.07, 6.45) is -4.11. The maximum absolute atomic E-state index is 14.3. The van der Waals surface area contributed by atoms with Gasteiger partial charge in [0.05, 0.1) is 29.0 Å². The molecule has 0 amide bonds. The number of benzene rings is 2. The molecular weight excluding hydrogens is 577 g/mol. The van der Waals surface area contributed by atoms with Crippen LogP contribution in [-0.2, 0) is 37.0 Å². The lowest BCUT2D eigenvalue weighted by Gasteiger charge is -2.35. The Bertz CT molecular complexity index is 1400. The third kappa shape index (κ3) is 8.13. The van der Waals surface area contributed by atoms with E-state index in [2.05, 4.69) is 0 Å². The summed E-state index contributed by atoms with van der Waals surface area (Å²) in [6.45, 7) is 1.66. The molecule has 40 heavy (non-hydrogen) atoms. The second-order valence-corrected chi connectivity index (χ2v) is 12.8. The van der Waals surface area contributed by atoms with Gasteiger partial charge in [-0.05, 0) is 12.0 Å². The molecule has 11 nitrogen and oxygen atoms in total. The van der Waals surface area contributed by atoms with Crippen molar-refractivity contribution < 1.29 is 39.1 Å². The topological polar surface area (TPSA) is 130 Å². The van der Waals surface area contributed by atoms with E-state index in [9.17, 15) is 40.1 Å². The smallest absolute Gasteiger partial charge is 0.368 e. The van der Waals surface area contributed by atoms with Crippen LogP contribution < -0.4 is 4.90 Å². The molecule has 1 fully saturated rings. The number of alkyl halides is 3. The highest BCUT2D eigenvalue weighted by atomic mass is 32.2. The van der Waals surface area contributed by atoms with Crippen LogP contribution in [0.1, 0.15) is 24.5 Å². The molecule has 1 aliphatic heterocycles. The Morgan fingerprint density at radius 3 is 2.17 bits per heavy atom. The molecule has 3 rings (SSSR count). The van der Waals surface area contributed by atoms with E-state index in [0.717, 1.165) is 21.0 Å². The van der Waals surface area contributed by atoms with Crippen molar-refractivity contribution in [2.24, 2.45) is 0 Å². The van der Waals surface area contributed by atoms with E-state index in [1.54, 1.807) is 6.92 Å². The first-order valence-corrected chi connectivity index (χ1v) is 15.6. The van der Waals surface area contributed by atoms with Crippen LogP contribution in [-0.4, -0.2) is 83.1 Å². The Morgan fingerprint density at radius 2 is 1.65 bits per heavy atom. The Hall–Kier alpha value is -2.79. The summed E-state index contributed by atoms with van der Waals surface area (Å²) in [5.41, 5.74) is -2.29. The quantitative estimate of drug-likeness (QED) is 0.202. The lowest BCUT2D eigenvalue weighted by atomic mass is 10.1. The molecule has 0 spiro atoms. The van der Waals surface area contributed by atoms with Crippen molar-refractivity contribution in [2.75, 3.05) is 57.0 Å². The largest absolute Gasteiger partial charge is 0.418 e. The molecule has 0 aliphatic carbocycles. The van der Waals surface area contributed by atoms with Crippen molar-refractivity contribution in [1.29, 1.82) is 0 Å². The van der Waals surface area contributed by atoms with Crippen LogP contribution in [0.15, 0.2) is 47.4 Å². The number of sulfonamides is 1. The van der Waals surface area contributed by atoms with Gasteiger partial charge in [-0.3, -0.25) is 19.2 Å². The summed E-state index contributed by atoms with van der Waals surface area (Å²) >= 11 is 0. The van der Waals surface area contributed by atoms with Crippen molar-refractivity contribution in [3.05, 3.63) is 63.7 Å². The number of hydrogen-bond donors (Lipinski definition) is 0. The lowest BCUT2D eigenvalue weighted by Crippen LogP contribution is -2.48. The molecule has 1 aliphatic rings. The van der Waals surface area contributed by atoms with E-state index >= 15 is 0 Å². The van der Waals surface area contributed by atoms with Gasteiger partial charge in [0.1, 0.15) is 4.90 Å². The average Bonchev–Trinajstić information content (AvgIpc) is 2.87. The number of hydrogen-bond acceptors (Lipinski definition) is 9. The Kier molecular flexibility index (Phi) is 10.2. The molecule has 1 saturated heterocycles. The SMILES string of the molecule is CCCN(CCOS(C)(=O)=O)c1c(C(F)(F)F)cc([N+](=O)[O-])cc1S(=O)(=O)N1CCN(Cc2ccccc2)CC1. The van der Waals surface area contributed by atoms with E-state index in [-0.39, 0.29) is 26.1 Å². The number of nitrogens with zero attached hydrogens (tertiary/aromatic N) is 4. The van der Waals surface area contributed by atoms with Gasteiger partial charge in [-0.15, -0.1) is 0 Å². The van der Waals surface area contributed by atoms with E-state index in [1.807, 2.05) is 35.2 Å². The zero-order valence-corrected chi connectivity index (χ0v) is 23.6. The number of piperazine rings is 1. The molecule has 0 radical (unpaired) electrons. The first kappa shape index (κ1) is 31.7. The summed E-state index contributed by atoms with van der Waals surface area (Å²) < 4.78 is 99.1. The summed E-state index contributed by atoms with van der Waals surface area (Å²) in [5.74, 6) is 0. The van der Waals surface area contributed by atoms with Gasteiger partial charge in [-0.25, -0.2) is 8.42 Å². The highest BCUT2D eigenvalue weighted by molar-refractivity contribution is 7.89. The van der Waals surface area contributed by atoms with Crippen LogP contribution in [0.25, 0.3) is 0 Å². The van der Waals surface area contributed by atoms with Crippen molar-refractivity contribution in [3.63, 3.8) is 0 Å². The van der Waals surface area contributed by atoms with Gasteiger partial charge in [0, 0.05) is 57.9 Å². The number of nitro groups is 1. The first-order chi connectivity index (χ1) is 18.6. The zero-order chi connectivity index (χ0) is 29.7. The van der Waals surface area contributed by atoms with Gasteiger partial charge in [-0.2, -0.15) is 25.9 Å². The molecule has 2 aromatic carbocycles. The molecule has 0 unspecified atom stereocenters. The summed E-state index contributed by atoms with van der Waals surface area (Å²) in [6, 6.07) is 10.4. The fourth-order valence-electron chi connectivity index (χ4n) is 4.45. The molecule has 0 bridgehead atoms. The third-order valence-electron chi connectivity index (χ3n) is 6.24. The van der Waals surface area contributed by atoms with Gasteiger partial charge < -0.3 is 4.90 Å². The van der Waals surface area contributed by atoms with Crippen LogP contribution in [0.4, 0.5) is 24.5 Å². The van der Waals surface area contributed by atoms with E-state index < -0.39 is 66.2 Å². The van der Waals surface area contributed by atoms with Gasteiger partial charge in [0.15, 0.2) is 0 Å². The van der Waals surface area contributed by atoms with Crippen LogP contribution in [0.3, 0.4) is 0 Å². The molecule has 1 heterocycles. The monoisotopic (exact) mass is 608 g/mol. The lowest BCUT2D eigenvalue weighted by molar-refractivity contribution is -0.385. The minimum absolute atomic E-state index is 0.0381. The minimum Gasteiger partial charge on any atom is -0.368 e. The van der Waals surface area contributed by atoms with Crippen LogP contribution in [0.2, 0.25) is 0 Å². The summed E-state index contributed by atoms with van der Waals surface area (Å²) in [7, 11) is -8.57. The normalized spacial score (nSPS) is 15.7. The molecule has 16 heteroatoms. The highest BCUT2D eigenvalue weighted by Crippen LogP contribution is 2.44. The van der Waals surface area contributed by atoms with Crippen molar-refractivity contribution >= 4 is 31.5 Å². The molecule has 2 aromatic rings. The second kappa shape index (κ2) is 12.8. The van der Waals surface area contributed by atoms with Gasteiger partial charge in [0.25, 0.3) is 15.8 Å². The maximum atomic E-state index is 14.3. The predicted molar refractivity (Wildman–Crippen MR) is 142 cm³/mol. The molecule has 222 valence electrons. The van der Waals surface area contributed by atoms with E-state index in [1.165, 1.54) is 0 Å².